The summed E-state index contributed by atoms with van der Waals surface area (Å²) in [7, 11) is 0. The van der Waals surface area contributed by atoms with Gasteiger partial charge in [0.1, 0.15) is 11.3 Å². The molecule has 2 heterocycles. The van der Waals surface area contributed by atoms with E-state index in [2.05, 4.69) is 20.3 Å². The maximum absolute atomic E-state index is 13.0. The number of esters is 1. The predicted molar refractivity (Wildman–Crippen MR) is 95.2 cm³/mol. The number of pyridine rings is 1. The molecule has 0 aliphatic rings. The summed E-state index contributed by atoms with van der Waals surface area (Å²) in [4.78, 5) is 36.7. The minimum absolute atomic E-state index is 0.175. The number of rotatable bonds is 5. The number of fused-ring (bicyclic) bond motifs is 1. The van der Waals surface area contributed by atoms with Gasteiger partial charge in [0, 0.05) is 18.6 Å². The van der Waals surface area contributed by atoms with Gasteiger partial charge < -0.3 is 10.1 Å². The van der Waals surface area contributed by atoms with Crippen molar-refractivity contribution in [1.82, 2.24) is 20.3 Å². The highest BCUT2D eigenvalue weighted by atomic mass is 19.1. The van der Waals surface area contributed by atoms with E-state index in [4.69, 9.17) is 4.74 Å². The fourth-order valence-electron chi connectivity index (χ4n) is 2.42. The third-order valence-electron chi connectivity index (χ3n) is 3.94. The number of carbonyl (C=O) groups is 2. The number of nitrogens with one attached hydrogen (secondary N) is 1. The predicted octanol–water partition coefficient (Wildman–Crippen LogP) is 2.59. The molecule has 3 rings (SSSR count). The minimum Gasteiger partial charge on any atom is -0.449 e. The van der Waals surface area contributed by atoms with Crippen molar-refractivity contribution in [2.75, 3.05) is 0 Å². The number of hydrogen-bond acceptors (Lipinski definition) is 6. The van der Waals surface area contributed by atoms with Crippen LogP contribution in [0.15, 0.2) is 48.9 Å². The molecule has 1 N–H and O–H groups in total. The van der Waals surface area contributed by atoms with Crippen molar-refractivity contribution >= 4 is 23.0 Å². The van der Waals surface area contributed by atoms with Gasteiger partial charge in [-0.1, -0.05) is 12.1 Å². The monoisotopic (exact) mass is 368 g/mol. The second-order valence-corrected chi connectivity index (χ2v) is 5.95. The van der Waals surface area contributed by atoms with Crippen molar-refractivity contribution in [3.8, 4) is 0 Å². The first-order chi connectivity index (χ1) is 12.9. The van der Waals surface area contributed by atoms with Crippen molar-refractivity contribution < 1.29 is 18.7 Å². The minimum atomic E-state index is -1.02. The van der Waals surface area contributed by atoms with Gasteiger partial charge in [-0.05, 0) is 37.6 Å². The second-order valence-electron chi connectivity index (χ2n) is 5.95. The molecule has 0 saturated heterocycles. The molecule has 2 unspecified atom stereocenters. The molecular formula is C19H17FN4O3. The summed E-state index contributed by atoms with van der Waals surface area (Å²) < 4.78 is 18.2. The molecule has 7 nitrogen and oxygen atoms in total. The van der Waals surface area contributed by atoms with Gasteiger partial charge in [0.25, 0.3) is 5.91 Å². The van der Waals surface area contributed by atoms with Gasteiger partial charge in [-0.25, -0.2) is 19.2 Å². The van der Waals surface area contributed by atoms with E-state index in [0.717, 1.165) is 5.56 Å². The third-order valence-corrected chi connectivity index (χ3v) is 3.94. The Hall–Kier alpha value is -3.42. The SMILES string of the molecule is CC(OC(=O)c1cnc2nccnc2c1)C(=O)NC(C)c1ccc(F)cc1. The summed E-state index contributed by atoms with van der Waals surface area (Å²) in [5.41, 5.74) is 1.77. The molecule has 0 aliphatic heterocycles. The van der Waals surface area contributed by atoms with Gasteiger partial charge in [-0.2, -0.15) is 0 Å². The van der Waals surface area contributed by atoms with Crippen LogP contribution in [0.4, 0.5) is 4.39 Å². The average molecular weight is 368 g/mol. The number of ether oxygens (including phenoxy) is 1. The van der Waals surface area contributed by atoms with Crippen LogP contribution in [0.1, 0.15) is 35.8 Å². The molecule has 3 aromatic rings. The van der Waals surface area contributed by atoms with Crippen LogP contribution in [0, 0.1) is 5.82 Å². The lowest BCUT2D eigenvalue weighted by Crippen LogP contribution is -2.37. The second kappa shape index (κ2) is 7.86. The molecule has 2 aromatic heterocycles. The van der Waals surface area contributed by atoms with Crippen LogP contribution in [0.3, 0.4) is 0 Å². The molecule has 2 atom stereocenters. The standard InChI is InChI=1S/C19H17FN4O3/c1-11(13-3-5-15(20)6-4-13)24-18(25)12(2)27-19(26)14-9-16-17(23-10-14)22-8-7-21-16/h3-12H,1-2H3,(H,24,25). The Morgan fingerprint density at radius 3 is 2.52 bits per heavy atom. The number of carbonyl (C=O) groups excluding carboxylic acids is 2. The van der Waals surface area contributed by atoms with Crippen LogP contribution in [-0.4, -0.2) is 32.9 Å². The summed E-state index contributed by atoms with van der Waals surface area (Å²) >= 11 is 0. The van der Waals surface area contributed by atoms with Crippen molar-refractivity contribution in [2.45, 2.75) is 26.0 Å². The number of hydrogen-bond donors (Lipinski definition) is 1. The molecule has 0 fully saturated rings. The Kier molecular flexibility index (Phi) is 5.35. The molecule has 1 amide bonds. The molecule has 0 aliphatic carbocycles. The molecule has 8 heteroatoms. The number of nitrogens with zero attached hydrogens (tertiary/aromatic N) is 3. The van der Waals surface area contributed by atoms with E-state index in [-0.39, 0.29) is 17.4 Å². The summed E-state index contributed by atoms with van der Waals surface area (Å²) in [6.45, 7) is 3.23. The zero-order chi connectivity index (χ0) is 19.4. The van der Waals surface area contributed by atoms with Crippen LogP contribution < -0.4 is 5.32 Å². The van der Waals surface area contributed by atoms with E-state index in [1.807, 2.05) is 0 Å². The Balaban J connectivity index is 1.62. The quantitative estimate of drug-likeness (QED) is 0.696. The van der Waals surface area contributed by atoms with Gasteiger partial charge in [0.05, 0.1) is 11.6 Å². The number of aromatic nitrogens is 3. The van der Waals surface area contributed by atoms with Gasteiger partial charge in [-0.3, -0.25) is 9.78 Å². The Morgan fingerprint density at radius 1 is 1.07 bits per heavy atom. The molecule has 0 radical (unpaired) electrons. The van der Waals surface area contributed by atoms with Gasteiger partial charge >= 0.3 is 5.97 Å². The molecule has 0 spiro atoms. The third kappa shape index (κ3) is 4.41. The van der Waals surface area contributed by atoms with E-state index >= 15 is 0 Å². The molecule has 1 aromatic carbocycles. The van der Waals surface area contributed by atoms with Gasteiger partial charge in [0.15, 0.2) is 11.8 Å². The highest BCUT2D eigenvalue weighted by Gasteiger charge is 2.21. The topological polar surface area (TPSA) is 94.1 Å². The lowest BCUT2D eigenvalue weighted by Gasteiger charge is -2.18. The Labute approximate surface area is 154 Å². The van der Waals surface area contributed by atoms with Crippen molar-refractivity contribution in [3.05, 3.63) is 65.9 Å². The van der Waals surface area contributed by atoms with Crippen LogP contribution in [0.5, 0.6) is 0 Å². The number of benzene rings is 1. The van der Waals surface area contributed by atoms with Crippen LogP contribution in [-0.2, 0) is 9.53 Å². The maximum atomic E-state index is 13.0. The zero-order valence-electron chi connectivity index (χ0n) is 14.7. The number of amides is 1. The van der Waals surface area contributed by atoms with Crippen LogP contribution in [0.2, 0.25) is 0 Å². The molecule has 0 bridgehead atoms. The van der Waals surface area contributed by atoms with Crippen molar-refractivity contribution in [2.24, 2.45) is 0 Å². The molecular weight excluding hydrogens is 351 g/mol. The maximum Gasteiger partial charge on any atom is 0.340 e. The average Bonchev–Trinajstić information content (AvgIpc) is 2.67. The van der Waals surface area contributed by atoms with Crippen LogP contribution >= 0.6 is 0 Å². The molecule has 0 saturated carbocycles. The van der Waals surface area contributed by atoms with Crippen LogP contribution in [0.25, 0.3) is 11.2 Å². The first kappa shape index (κ1) is 18.4. The lowest BCUT2D eigenvalue weighted by molar-refractivity contribution is -0.129. The summed E-state index contributed by atoms with van der Waals surface area (Å²) in [5, 5.41) is 2.73. The van der Waals surface area contributed by atoms with E-state index in [9.17, 15) is 14.0 Å². The summed E-state index contributed by atoms with van der Waals surface area (Å²) in [6.07, 6.45) is 3.30. The molecule has 27 heavy (non-hydrogen) atoms. The van der Waals surface area contributed by atoms with E-state index in [0.29, 0.717) is 11.2 Å². The zero-order valence-corrected chi connectivity index (χ0v) is 14.7. The first-order valence-electron chi connectivity index (χ1n) is 8.27. The van der Waals surface area contributed by atoms with Gasteiger partial charge in [-0.15, -0.1) is 0 Å². The Morgan fingerprint density at radius 2 is 1.78 bits per heavy atom. The highest BCUT2D eigenvalue weighted by molar-refractivity contribution is 5.94. The normalized spacial score (nSPS) is 13.0. The van der Waals surface area contributed by atoms with Gasteiger partial charge in [0.2, 0.25) is 0 Å². The first-order valence-corrected chi connectivity index (χ1v) is 8.27. The van der Waals surface area contributed by atoms with E-state index in [1.165, 1.54) is 43.7 Å². The lowest BCUT2D eigenvalue weighted by atomic mass is 10.1. The van der Waals surface area contributed by atoms with E-state index < -0.39 is 18.0 Å². The van der Waals surface area contributed by atoms with E-state index in [1.54, 1.807) is 19.1 Å². The van der Waals surface area contributed by atoms with Crippen molar-refractivity contribution in [3.63, 3.8) is 0 Å². The smallest absolute Gasteiger partial charge is 0.340 e. The van der Waals surface area contributed by atoms with Crippen molar-refractivity contribution in [1.29, 1.82) is 0 Å². The summed E-state index contributed by atoms with van der Waals surface area (Å²) in [6, 6.07) is 6.94. The summed E-state index contributed by atoms with van der Waals surface area (Å²) in [5.74, 6) is -1.51. The fourth-order valence-corrected chi connectivity index (χ4v) is 2.42. The molecule has 138 valence electrons. The largest absolute Gasteiger partial charge is 0.449 e. The Bertz CT molecular complexity index is 978. The highest BCUT2D eigenvalue weighted by Crippen LogP contribution is 2.14. The fraction of sp³-hybridized carbons (Fsp3) is 0.211. The number of halogens is 1.